The van der Waals surface area contributed by atoms with Gasteiger partial charge in [0.1, 0.15) is 6.54 Å². The van der Waals surface area contributed by atoms with Crippen molar-refractivity contribution < 1.29 is 4.79 Å². The number of benzene rings is 1. The predicted molar refractivity (Wildman–Crippen MR) is 92.5 cm³/mol. The van der Waals surface area contributed by atoms with Crippen LogP contribution >= 0.6 is 0 Å². The highest BCUT2D eigenvalue weighted by molar-refractivity contribution is 5.80. The van der Waals surface area contributed by atoms with E-state index in [2.05, 4.69) is 22.2 Å². The van der Waals surface area contributed by atoms with Crippen LogP contribution in [0.3, 0.4) is 0 Å². The van der Waals surface area contributed by atoms with E-state index in [0.29, 0.717) is 12.5 Å². The van der Waals surface area contributed by atoms with E-state index in [1.165, 1.54) is 5.56 Å². The number of rotatable bonds is 3. The number of pyridine rings is 1. The molecule has 0 atom stereocenters. The second-order valence-corrected chi connectivity index (χ2v) is 6.32. The SMILES string of the molecule is O=C(Cn1cc2ccccc2n1)N1CCC(c2ccncc2)CC1. The van der Waals surface area contributed by atoms with Crippen LogP contribution in [0, 0.1) is 0 Å². The Morgan fingerprint density at radius 1 is 1.08 bits per heavy atom. The van der Waals surface area contributed by atoms with Crippen molar-refractivity contribution in [1.29, 1.82) is 0 Å². The van der Waals surface area contributed by atoms with E-state index in [-0.39, 0.29) is 5.91 Å². The molecule has 0 bridgehead atoms. The maximum absolute atomic E-state index is 12.5. The fourth-order valence-corrected chi connectivity index (χ4v) is 3.43. The largest absolute Gasteiger partial charge is 0.341 e. The molecule has 1 aromatic carbocycles. The molecule has 4 rings (SSSR count). The molecule has 1 aliphatic rings. The lowest BCUT2D eigenvalue weighted by atomic mass is 9.90. The number of nitrogens with zero attached hydrogens (tertiary/aromatic N) is 4. The van der Waals surface area contributed by atoms with Crippen molar-refractivity contribution in [2.45, 2.75) is 25.3 Å². The Labute approximate surface area is 140 Å². The molecule has 1 aliphatic heterocycles. The first-order chi connectivity index (χ1) is 11.8. The van der Waals surface area contributed by atoms with Gasteiger partial charge in [-0.3, -0.25) is 14.5 Å². The molecule has 122 valence electrons. The third-order valence-corrected chi connectivity index (χ3v) is 4.78. The molecule has 3 heterocycles. The van der Waals surface area contributed by atoms with Crippen molar-refractivity contribution in [3.05, 3.63) is 60.6 Å². The van der Waals surface area contributed by atoms with Crippen LogP contribution in [0.25, 0.3) is 10.9 Å². The summed E-state index contributed by atoms with van der Waals surface area (Å²) in [5.41, 5.74) is 2.26. The van der Waals surface area contributed by atoms with Gasteiger partial charge in [0.15, 0.2) is 0 Å². The van der Waals surface area contributed by atoms with Gasteiger partial charge in [-0.2, -0.15) is 5.10 Å². The Hall–Kier alpha value is -2.69. The smallest absolute Gasteiger partial charge is 0.244 e. The number of aromatic nitrogens is 3. The maximum Gasteiger partial charge on any atom is 0.244 e. The number of hydrogen-bond acceptors (Lipinski definition) is 3. The third-order valence-electron chi connectivity index (χ3n) is 4.78. The molecule has 0 aliphatic carbocycles. The van der Waals surface area contributed by atoms with Crippen LogP contribution in [0.2, 0.25) is 0 Å². The number of hydrogen-bond donors (Lipinski definition) is 0. The normalized spacial score (nSPS) is 15.8. The van der Waals surface area contributed by atoms with E-state index < -0.39 is 0 Å². The Morgan fingerprint density at radius 3 is 2.58 bits per heavy atom. The zero-order valence-corrected chi connectivity index (χ0v) is 13.5. The van der Waals surface area contributed by atoms with Crippen LogP contribution in [-0.2, 0) is 11.3 Å². The Morgan fingerprint density at radius 2 is 1.83 bits per heavy atom. The number of likely N-dealkylation sites (tertiary alicyclic amines) is 1. The zero-order chi connectivity index (χ0) is 16.4. The van der Waals surface area contributed by atoms with E-state index >= 15 is 0 Å². The number of carbonyl (C=O) groups is 1. The van der Waals surface area contributed by atoms with E-state index in [9.17, 15) is 4.79 Å². The molecule has 5 heteroatoms. The molecule has 0 radical (unpaired) electrons. The summed E-state index contributed by atoms with van der Waals surface area (Å²) in [6, 6.07) is 12.1. The average Bonchev–Trinajstić information content (AvgIpc) is 3.05. The third kappa shape index (κ3) is 3.02. The lowest BCUT2D eigenvalue weighted by Gasteiger charge is -2.32. The summed E-state index contributed by atoms with van der Waals surface area (Å²) >= 11 is 0. The van der Waals surface area contributed by atoms with Gasteiger partial charge in [0, 0.05) is 37.1 Å². The molecule has 3 aromatic rings. The Kier molecular flexibility index (Phi) is 3.99. The molecule has 1 amide bonds. The summed E-state index contributed by atoms with van der Waals surface area (Å²) in [6.07, 6.45) is 7.65. The molecular weight excluding hydrogens is 300 g/mol. The minimum absolute atomic E-state index is 0.149. The molecular formula is C19H20N4O. The van der Waals surface area contributed by atoms with Gasteiger partial charge >= 0.3 is 0 Å². The highest BCUT2D eigenvalue weighted by atomic mass is 16.2. The standard InChI is InChI=1S/C19H20N4O/c24-19(14-23-13-17-3-1-2-4-18(17)21-23)22-11-7-16(8-12-22)15-5-9-20-10-6-15/h1-6,9-10,13,16H,7-8,11-12,14H2. The van der Waals surface area contributed by atoms with Crippen LogP contribution < -0.4 is 0 Å². The second-order valence-electron chi connectivity index (χ2n) is 6.32. The lowest BCUT2D eigenvalue weighted by molar-refractivity contribution is -0.133. The summed E-state index contributed by atoms with van der Waals surface area (Å²) in [5, 5.41) is 5.54. The van der Waals surface area contributed by atoms with Crippen molar-refractivity contribution in [3.63, 3.8) is 0 Å². The van der Waals surface area contributed by atoms with E-state index in [1.54, 1.807) is 4.68 Å². The van der Waals surface area contributed by atoms with Crippen molar-refractivity contribution in [2.24, 2.45) is 0 Å². The van der Waals surface area contributed by atoms with Gasteiger partial charge in [-0.05, 0) is 42.5 Å². The van der Waals surface area contributed by atoms with E-state index in [1.807, 2.05) is 47.8 Å². The summed E-state index contributed by atoms with van der Waals surface area (Å²) in [6.45, 7) is 1.94. The Balaban J connectivity index is 1.37. The summed E-state index contributed by atoms with van der Waals surface area (Å²) < 4.78 is 1.75. The summed E-state index contributed by atoms with van der Waals surface area (Å²) in [4.78, 5) is 18.6. The van der Waals surface area contributed by atoms with Crippen LogP contribution in [0.4, 0.5) is 0 Å². The van der Waals surface area contributed by atoms with Crippen LogP contribution in [-0.4, -0.2) is 38.7 Å². The molecule has 0 unspecified atom stereocenters. The number of carbonyl (C=O) groups excluding carboxylic acids is 1. The summed E-state index contributed by atoms with van der Waals surface area (Å²) in [7, 11) is 0. The fourth-order valence-electron chi connectivity index (χ4n) is 3.43. The van der Waals surface area contributed by atoms with Crippen molar-refractivity contribution in [1.82, 2.24) is 19.7 Å². The van der Waals surface area contributed by atoms with Crippen LogP contribution in [0.1, 0.15) is 24.3 Å². The minimum Gasteiger partial charge on any atom is -0.341 e. The molecule has 0 saturated carbocycles. The quantitative estimate of drug-likeness (QED) is 0.745. The molecule has 5 nitrogen and oxygen atoms in total. The fraction of sp³-hybridized carbons (Fsp3) is 0.316. The molecule has 0 spiro atoms. The van der Waals surface area contributed by atoms with Gasteiger partial charge in [-0.1, -0.05) is 18.2 Å². The van der Waals surface area contributed by atoms with Crippen molar-refractivity contribution in [2.75, 3.05) is 13.1 Å². The predicted octanol–water partition coefficient (Wildman–Crippen LogP) is 2.84. The second kappa shape index (κ2) is 6.43. The maximum atomic E-state index is 12.5. The summed E-state index contributed by atoms with van der Waals surface area (Å²) in [5.74, 6) is 0.681. The molecule has 24 heavy (non-hydrogen) atoms. The zero-order valence-electron chi connectivity index (χ0n) is 13.5. The number of fused-ring (bicyclic) bond motifs is 1. The van der Waals surface area contributed by atoms with Gasteiger partial charge in [0.05, 0.1) is 5.52 Å². The molecule has 0 N–H and O–H groups in total. The van der Waals surface area contributed by atoms with Gasteiger partial charge in [0.2, 0.25) is 5.91 Å². The van der Waals surface area contributed by atoms with Crippen LogP contribution in [0.5, 0.6) is 0 Å². The first kappa shape index (κ1) is 14.9. The number of piperidine rings is 1. The van der Waals surface area contributed by atoms with Crippen LogP contribution in [0.15, 0.2) is 55.0 Å². The topological polar surface area (TPSA) is 51.0 Å². The molecule has 2 aromatic heterocycles. The van der Waals surface area contributed by atoms with Gasteiger partial charge in [0.25, 0.3) is 0 Å². The van der Waals surface area contributed by atoms with Gasteiger partial charge in [-0.15, -0.1) is 0 Å². The van der Waals surface area contributed by atoms with E-state index in [0.717, 1.165) is 36.8 Å². The monoisotopic (exact) mass is 320 g/mol. The lowest BCUT2D eigenvalue weighted by Crippen LogP contribution is -2.39. The number of amides is 1. The molecule has 1 fully saturated rings. The van der Waals surface area contributed by atoms with Gasteiger partial charge < -0.3 is 4.90 Å². The highest BCUT2D eigenvalue weighted by Crippen LogP contribution is 2.27. The first-order valence-electron chi connectivity index (χ1n) is 8.39. The first-order valence-corrected chi connectivity index (χ1v) is 8.39. The highest BCUT2D eigenvalue weighted by Gasteiger charge is 2.24. The van der Waals surface area contributed by atoms with E-state index in [4.69, 9.17) is 0 Å². The minimum atomic E-state index is 0.149. The van der Waals surface area contributed by atoms with Crippen molar-refractivity contribution in [3.8, 4) is 0 Å². The Bertz CT molecular complexity index is 802. The van der Waals surface area contributed by atoms with Crippen molar-refractivity contribution >= 4 is 16.8 Å². The molecule has 1 saturated heterocycles. The van der Waals surface area contributed by atoms with Gasteiger partial charge in [-0.25, -0.2) is 0 Å². The average molecular weight is 320 g/mol.